The fourth-order valence-corrected chi connectivity index (χ4v) is 1.93. The van der Waals surface area contributed by atoms with Crippen molar-refractivity contribution in [3.05, 3.63) is 53.2 Å². The SMILES string of the molecule is Cc1ccc(NC(=O)C(=O)Nc2cc(C(F)(F)F)cc(C(F)(F)F)c2)nc1. The number of aryl methyl sites for hydroxylation is 1. The predicted molar refractivity (Wildman–Crippen MR) is 82.7 cm³/mol. The molecule has 0 unspecified atom stereocenters. The molecule has 0 bridgehead atoms. The molecule has 2 rings (SSSR count). The number of nitrogens with one attached hydrogen (secondary N) is 2. The molecular formula is C16H11F6N3O2. The van der Waals surface area contributed by atoms with Crippen molar-refractivity contribution in [3.8, 4) is 0 Å². The fourth-order valence-electron chi connectivity index (χ4n) is 1.93. The third kappa shape index (κ3) is 5.43. The Morgan fingerprint density at radius 3 is 1.81 bits per heavy atom. The number of benzene rings is 1. The van der Waals surface area contributed by atoms with Crippen molar-refractivity contribution in [2.24, 2.45) is 0 Å². The molecule has 0 saturated carbocycles. The van der Waals surface area contributed by atoms with Gasteiger partial charge in [-0.15, -0.1) is 0 Å². The van der Waals surface area contributed by atoms with Gasteiger partial charge in [-0.25, -0.2) is 4.98 Å². The van der Waals surface area contributed by atoms with E-state index in [1.54, 1.807) is 18.3 Å². The maximum Gasteiger partial charge on any atom is 0.416 e. The molecule has 0 aliphatic carbocycles. The van der Waals surface area contributed by atoms with Crippen molar-refractivity contribution >= 4 is 23.3 Å². The summed E-state index contributed by atoms with van der Waals surface area (Å²) in [5.74, 6) is -2.78. The van der Waals surface area contributed by atoms with E-state index in [2.05, 4.69) is 10.3 Å². The highest BCUT2D eigenvalue weighted by Crippen LogP contribution is 2.37. The van der Waals surface area contributed by atoms with Gasteiger partial charge >= 0.3 is 24.2 Å². The molecule has 11 heteroatoms. The van der Waals surface area contributed by atoms with Crippen LogP contribution in [0.15, 0.2) is 36.5 Å². The summed E-state index contributed by atoms with van der Waals surface area (Å²) < 4.78 is 76.7. The van der Waals surface area contributed by atoms with Crippen LogP contribution in [-0.2, 0) is 21.9 Å². The average Bonchev–Trinajstić information content (AvgIpc) is 2.55. The Bertz CT molecular complexity index is 828. The van der Waals surface area contributed by atoms with Gasteiger partial charge in [0.05, 0.1) is 11.1 Å². The minimum Gasteiger partial charge on any atom is -0.318 e. The number of amides is 2. The Balaban J connectivity index is 2.23. The van der Waals surface area contributed by atoms with Crippen molar-refractivity contribution in [2.75, 3.05) is 10.6 Å². The lowest BCUT2D eigenvalue weighted by atomic mass is 10.1. The van der Waals surface area contributed by atoms with Crippen LogP contribution in [0.1, 0.15) is 16.7 Å². The molecule has 1 heterocycles. The summed E-state index contributed by atoms with van der Waals surface area (Å²) in [7, 11) is 0. The van der Waals surface area contributed by atoms with E-state index in [0.717, 1.165) is 5.56 Å². The number of halogens is 6. The topological polar surface area (TPSA) is 71.1 Å². The van der Waals surface area contributed by atoms with Gasteiger partial charge in [0.2, 0.25) is 0 Å². The van der Waals surface area contributed by atoms with E-state index in [0.29, 0.717) is 12.1 Å². The second kappa shape index (κ2) is 7.25. The van der Waals surface area contributed by atoms with Crippen molar-refractivity contribution in [2.45, 2.75) is 19.3 Å². The Hall–Kier alpha value is -3.11. The number of aromatic nitrogens is 1. The fraction of sp³-hybridized carbons (Fsp3) is 0.188. The van der Waals surface area contributed by atoms with Crippen LogP contribution in [0, 0.1) is 6.92 Å². The number of anilines is 2. The number of hydrogen-bond acceptors (Lipinski definition) is 3. The van der Waals surface area contributed by atoms with Gasteiger partial charge in [-0.3, -0.25) is 9.59 Å². The highest BCUT2D eigenvalue weighted by Gasteiger charge is 2.37. The van der Waals surface area contributed by atoms with Gasteiger partial charge in [0.25, 0.3) is 0 Å². The summed E-state index contributed by atoms with van der Waals surface area (Å²) in [6.45, 7) is 1.72. The molecular weight excluding hydrogens is 380 g/mol. The third-order valence-electron chi connectivity index (χ3n) is 3.20. The first-order chi connectivity index (χ1) is 12.4. The molecule has 0 atom stereocenters. The number of pyridine rings is 1. The molecule has 144 valence electrons. The largest absolute Gasteiger partial charge is 0.416 e. The predicted octanol–water partition coefficient (Wildman–Crippen LogP) is 4.00. The second-order valence-corrected chi connectivity index (χ2v) is 5.42. The van der Waals surface area contributed by atoms with E-state index >= 15 is 0 Å². The smallest absolute Gasteiger partial charge is 0.318 e. The van der Waals surface area contributed by atoms with Crippen LogP contribution in [0.3, 0.4) is 0 Å². The van der Waals surface area contributed by atoms with Gasteiger partial charge < -0.3 is 10.6 Å². The van der Waals surface area contributed by atoms with Gasteiger partial charge in [-0.1, -0.05) is 6.07 Å². The number of carbonyl (C=O) groups excluding carboxylic acids is 2. The monoisotopic (exact) mass is 391 g/mol. The molecule has 0 fully saturated rings. The molecule has 0 radical (unpaired) electrons. The highest BCUT2D eigenvalue weighted by molar-refractivity contribution is 6.43. The lowest BCUT2D eigenvalue weighted by Gasteiger charge is -2.14. The van der Waals surface area contributed by atoms with Gasteiger partial charge in [-0.05, 0) is 36.8 Å². The van der Waals surface area contributed by atoms with E-state index in [1.165, 1.54) is 12.3 Å². The lowest BCUT2D eigenvalue weighted by molar-refractivity contribution is -0.143. The molecule has 0 saturated heterocycles. The molecule has 1 aromatic heterocycles. The molecule has 2 aromatic rings. The Labute approximate surface area is 148 Å². The molecule has 5 nitrogen and oxygen atoms in total. The number of nitrogens with zero attached hydrogens (tertiary/aromatic N) is 1. The molecule has 0 aliphatic rings. The van der Waals surface area contributed by atoms with E-state index in [1.807, 2.05) is 0 Å². The van der Waals surface area contributed by atoms with Crippen LogP contribution < -0.4 is 10.6 Å². The Kier molecular flexibility index (Phi) is 5.43. The van der Waals surface area contributed by atoms with Crippen LogP contribution in [0.2, 0.25) is 0 Å². The zero-order chi connectivity index (χ0) is 20.4. The first-order valence-electron chi connectivity index (χ1n) is 7.21. The van der Waals surface area contributed by atoms with Crippen LogP contribution >= 0.6 is 0 Å². The van der Waals surface area contributed by atoms with E-state index in [-0.39, 0.29) is 11.9 Å². The molecule has 27 heavy (non-hydrogen) atoms. The molecule has 0 spiro atoms. The number of hydrogen-bond donors (Lipinski definition) is 2. The molecule has 1 aromatic carbocycles. The van der Waals surface area contributed by atoms with E-state index in [4.69, 9.17) is 0 Å². The number of carbonyl (C=O) groups is 2. The summed E-state index contributed by atoms with van der Waals surface area (Å²) >= 11 is 0. The quantitative estimate of drug-likeness (QED) is 0.601. The van der Waals surface area contributed by atoms with Crippen LogP contribution in [-0.4, -0.2) is 16.8 Å². The van der Waals surface area contributed by atoms with Gasteiger partial charge in [0, 0.05) is 11.9 Å². The average molecular weight is 391 g/mol. The summed E-state index contributed by atoms with van der Waals surface area (Å²) in [5, 5.41) is 3.79. The van der Waals surface area contributed by atoms with Gasteiger partial charge in [-0.2, -0.15) is 26.3 Å². The maximum atomic E-state index is 12.8. The second-order valence-electron chi connectivity index (χ2n) is 5.42. The minimum absolute atomic E-state index is 0.0132. The Morgan fingerprint density at radius 1 is 0.852 bits per heavy atom. The zero-order valence-electron chi connectivity index (χ0n) is 13.5. The summed E-state index contributed by atoms with van der Waals surface area (Å²) in [5.41, 5.74) is -3.29. The van der Waals surface area contributed by atoms with Gasteiger partial charge in [0.1, 0.15) is 5.82 Å². The van der Waals surface area contributed by atoms with Crippen LogP contribution in [0.25, 0.3) is 0 Å². The summed E-state index contributed by atoms with van der Waals surface area (Å²) in [4.78, 5) is 27.3. The third-order valence-corrected chi connectivity index (χ3v) is 3.20. The first kappa shape index (κ1) is 20.2. The van der Waals surface area contributed by atoms with Crippen molar-refractivity contribution in [3.63, 3.8) is 0 Å². The van der Waals surface area contributed by atoms with E-state index in [9.17, 15) is 35.9 Å². The lowest BCUT2D eigenvalue weighted by Crippen LogP contribution is -2.29. The van der Waals surface area contributed by atoms with Crippen LogP contribution in [0.5, 0.6) is 0 Å². The minimum atomic E-state index is -5.07. The van der Waals surface area contributed by atoms with Crippen LogP contribution in [0.4, 0.5) is 37.8 Å². The van der Waals surface area contributed by atoms with Crippen molar-refractivity contribution in [1.82, 2.24) is 4.98 Å². The summed E-state index contributed by atoms with van der Waals surface area (Å²) in [6, 6.07) is 3.44. The molecule has 0 aliphatic heterocycles. The first-order valence-corrected chi connectivity index (χ1v) is 7.21. The zero-order valence-corrected chi connectivity index (χ0v) is 13.5. The number of alkyl halides is 6. The van der Waals surface area contributed by atoms with Crippen molar-refractivity contribution < 1.29 is 35.9 Å². The maximum absolute atomic E-state index is 12.8. The summed E-state index contributed by atoms with van der Waals surface area (Å²) in [6.07, 6.45) is -8.76. The van der Waals surface area contributed by atoms with E-state index < -0.39 is 41.0 Å². The van der Waals surface area contributed by atoms with Gasteiger partial charge in [0.15, 0.2) is 0 Å². The normalized spacial score (nSPS) is 11.8. The van der Waals surface area contributed by atoms with Crippen molar-refractivity contribution in [1.29, 1.82) is 0 Å². The molecule has 2 N–H and O–H groups in total. The Morgan fingerprint density at radius 2 is 1.37 bits per heavy atom. The highest BCUT2D eigenvalue weighted by atomic mass is 19.4. The standard InChI is InChI=1S/C16H11F6N3O2/c1-8-2-3-12(23-7-8)25-14(27)13(26)24-11-5-9(15(17,18)19)4-10(6-11)16(20,21)22/h2-7H,1H3,(H,24,26)(H,23,25,27). The number of rotatable bonds is 2. The molecule has 2 amide bonds.